The van der Waals surface area contributed by atoms with Crippen molar-refractivity contribution in [1.82, 2.24) is 9.97 Å². The second-order valence-corrected chi connectivity index (χ2v) is 8.17. The Labute approximate surface area is 156 Å². The molecule has 0 radical (unpaired) electrons. The van der Waals surface area contributed by atoms with Gasteiger partial charge in [0.25, 0.3) is 0 Å². The van der Waals surface area contributed by atoms with Crippen LogP contribution in [-0.2, 0) is 4.79 Å². The van der Waals surface area contributed by atoms with E-state index < -0.39 is 18.4 Å². The van der Waals surface area contributed by atoms with Crippen LogP contribution in [0.5, 0.6) is 0 Å². The molecule has 2 aromatic heterocycles. The molecule has 0 aliphatic heterocycles. The lowest BCUT2D eigenvalue weighted by Gasteiger charge is -2.04. The molecule has 1 saturated carbocycles. The lowest BCUT2D eigenvalue weighted by molar-refractivity contribution is -0.171. The monoisotopic (exact) mass is 402 g/mol. The zero-order valence-corrected chi connectivity index (χ0v) is 15.5. The van der Waals surface area contributed by atoms with Gasteiger partial charge in [0.1, 0.15) is 5.69 Å². The first-order chi connectivity index (χ1) is 12.4. The molecule has 4 nitrogen and oxygen atoms in total. The Kier molecular flexibility index (Phi) is 5.86. The Bertz CT molecular complexity index is 781. The van der Waals surface area contributed by atoms with Gasteiger partial charge in [0.05, 0.1) is 0 Å². The van der Waals surface area contributed by atoms with Crippen LogP contribution in [0.15, 0.2) is 11.6 Å². The third-order valence-corrected chi connectivity index (χ3v) is 6.24. The van der Waals surface area contributed by atoms with Crippen LogP contribution in [0.2, 0.25) is 0 Å². The van der Waals surface area contributed by atoms with Gasteiger partial charge < -0.3 is 0 Å². The summed E-state index contributed by atoms with van der Waals surface area (Å²) in [6.45, 7) is 0. The van der Waals surface area contributed by atoms with Crippen LogP contribution in [-0.4, -0.2) is 27.7 Å². The first-order valence-corrected chi connectivity index (χ1v) is 10.1. The van der Waals surface area contributed by atoms with Crippen LogP contribution in [0.3, 0.4) is 0 Å². The van der Waals surface area contributed by atoms with Crippen LogP contribution in [0.1, 0.15) is 66.2 Å². The second kappa shape index (κ2) is 7.96. The smallest absolute Gasteiger partial charge is 0.292 e. The molecule has 0 unspecified atom stereocenters. The molecule has 1 fully saturated rings. The lowest BCUT2D eigenvalue weighted by atomic mass is 10.1. The summed E-state index contributed by atoms with van der Waals surface area (Å²) in [6.07, 6.45) is -0.226. The maximum Gasteiger partial charge on any atom is 0.449 e. The number of alkyl halides is 3. The van der Waals surface area contributed by atoms with Crippen molar-refractivity contribution in [2.45, 2.75) is 57.0 Å². The zero-order chi connectivity index (χ0) is 18.7. The Morgan fingerprint density at radius 2 is 1.85 bits per heavy atom. The molecule has 2 heterocycles. The predicted octanol–water partition coefficient (Wildman–Crippen LogP) is 5.41. The Balaban J connectivity index is 1.54. The molecule has 1 aliphatic rings. The highest BCUT2D eigenvalue weighted by Gasteiger charge is 2.37. The van der Waals surface area contributed by atoms with E-state index in [1.165, 1.54) is 22.7 Å². The number of unbranched alkanes of at least 4 members (excludes halogenated alkanes) is 2. The van der Waals surface area contributed by atoms with E-state index in [0.717, 1.165) is 27.7 Å². The minimum absolute atomic E-state index is 0.0758. The zero-order valence-electron chi connectivity index (χ0n) is 13.8. The minimum atomic E-state index is -4.76. The normalized spacial score (nSPS) is 14.6. The maximum atomic E-state index is 12.5. The second-order valence-electron chi connectivity index (χ2n) is 6.25. The predicted molar refractivity (Wildman–Crippen MR) is 93.7 cm³/mol. The number of thiazole rings is 2. The van der Waals surface area contributed by atoms with Crippen molar-refractivity contribution in [3.05, 3.63) is 22.1 Å². The van der Waals surface area contributed by atoms with Crippen molar-refractivity contribution < 1.29 is 22.8 Å². The van der Waals surface area contributed by atoms with Gasteiger partial charge in [-0.05, 0) is 31.6 Å². The molecule has 0 spiro atoms. The average Bonchev–Trinajstić information content (AvgIpc) is 3.11. The maximum absolute atomic E-state index is 12.5. The largest absolute Gasteiger partial charge is 0.449 e. The van der Waals surface area contributed by atoms with E-state index >= 15 is 0 Å². The van der Waals surface area contributed by atoms with E-state index in [0.29, 0.717) is 24.5 Å². The topological polar surface area (TPSA) is 59.9 Å². The highest BCUT2D eigenvalue weighted by atomic mass is 32.1. The minimum Gasteiger partial charge on any atom is -0.292 e. The van der Waals surface area contributed by atoms with E-state index in [4.69, 9.17) is 0 Å². The van der Waals surface area contributed by atoms with Crippen molar-refractivity contribution in [2.24, 2.45) is 0 Å². The number of aromatic nitrogens is 2. The molecular weight excluding hydrogens is 385 g/mol. The molecule has 0 N–H and O–H groups in total. The van der Waals surface area contributed by atoms with Gasteiger partial charge in [0.2, 0.25) is 5.78 Å². The standard InChI is InChI=1S/C17H17F3N2O2S2/c18-17(19,20)12(24)5-3-1-2-4-11(23)13-14(10-6-7-10)26-16(22-13)15-21-8-9-25-15/h8-10H,1-7H2. The van der Waals surface area contributed by atoms with Gasteiger partial charge in [-0.1, -0.05) is 6.42 Å². The number of ketones is 2. The average molecular weight is 402 g/mol. The van der Waals surface area contributed by atoms with E-state index in [2.05, 4.69) is 9.97 Å². The molecule has 140 valence electrons. The summed E-state index contributed by atoms with van der Waals surface area (Å²) in [4.78, 5) is 33.1. The number of halogens is 3. The summed E-state index contributed by atoms with van der Waals surface area (Å²) in [5.74, 6) is -1.38. The molecule has 3 rings (SSSR count). The van der Waals surface area contributed by atoms with E-state index in [1.54, 1.807) is 6.20 Å². The summed E-state index contributed by atoms with van der Waals surface area (Å²) in [7, 11) is 0. The first kappa shape index (κ1) is 19.2. The van der Waals surface area contributed by atoms with Crippen molar-refractivity contribution in [2.75, 3.05) is 0 Å². The third kappa shape index (κ3) is 4.76. The highest BCUT2D eigenvalue weighted by molar-refractivity contribution is 7.20. The Hall–Kier alpha value is -1.61. The molecule has 26 heavy (non-hydrogen) atoms. The van der Waals surface area contributed by atoms with Gasteiger partial charge in [0, 0.05) is 29.3 Å². The summed E-state index contributed by atoms with van der Waals surface area (Å²) >= 11 is 2.99. The van der Waals surface area contributed by atoms with Crippen molar-refractivity contribution >= 4 is 34.2 Å². The van der Waals surface area contributed by atoms with Crippen molar-refractivity contribution in [1.29, 1.82) is 0 Å². The number of carbonyl (C=O) groups excluding carboxylic acids is 2. The fourth-order valence-electron chi connectivity index (χ4n) is 2.58. The van der Waals surface area contributed by atoms with E-state index in [9.17, 15) is 22.8 Å². The number of hydrogen-bond acceptors (Lipinski definition) is 6. The van der Waals surface area contributed by atoms with E-state index in [1.807, 2.05) is 5.38 Å². The molecule has 0 amide bonds. The van der Waals surface area contributed by atoms with Gasteiger partial charge in [-0.25, -0.2) is 9.97 Å². The summed E-state index contributed by atoms with van der Waals surface area (Å²) < 4.78 is 36.4. The van der Waals surface area contributed by atoms with Gasteiger partial charge in [-0.15, -0.1) is 22.7 Å². The quantitative estimate of drug-likeness (QED) is 0.416. The fraction of sp³-hybridized carbons (Fsp3) is 0.529. The van der Waals surface area contributed by atoms with Gasteiger partial charge in [0.15, 0.2) is 15.8 Å². The Morgan fingerprint density at radius 1 is 1.12 bits per heavy atom. The third-order valence-electron chi connectivity index (χ3n) is 4.10. The van der Waals surface area contributed by atoms with Gasteiger partial charge in [-0.3, -0.25) is 9.59 Å². The SMILES string of the molecule is O=C(CCCCCC(=O)C(F)(F)F)c1nc(-c2nccs2)sc1C1CC1. The molecule has 0 aromatic carbocycles. The molecule has 9 heteroatoms. The van der Waals surface area contributed by atoms with Crippen LogP contribution in [0.4, 0.5) is 13.2 Å². The van der Waals surface area contributed by atoms with Crippen molar-refractivity contribution in [3.63, 3.8) is 0 Å². The van der Waals surface area contributed by atoms with Crippen LogP contribution < -0.4 is 0 Å². The molecule has 1 aliphatic carbocycles. The molecular formula is C17H17F3N2O2S2. The first-order valence-electron chi connectivity index (χ1n) is 8.40. The fourth-order valence-corrected chi connectivity index (χ4v) is 4.51. The summed E-state index contributed by atoms with van der Waals surface area (Å²) in [5.41, 5.74) is 0.495. The highest BCUT2D eigenvalue weighted by Crippen LogP contribution is 2.46. The number of rotatable bonds is 9. The van der Waals surface area contributed by atoms with Gasteiger partial charge in [-0.2, -0.15) is 13.2 Å². The lowest BCUT2D eigenvalue weighted by Crippen LogP contribution is -2.22. The van der Waals surface area contributed by atoms with Crippen LogP contribution >= 0.6 is 22.7 Å². The van der Waals surface area contributed by atoms with Crippen LogP contribution in [0, 0.1) is 0 Å². The van der Waals surface area contributed by atoms with E-state index in [-0.39, 0.29) is 18.6 Å². The number of hydrogen-bond donors (Lipinski definition) is 0. The molecule has 0 saturated heterocycles. The van der Waals surface area contributed by atoms with Gasteiger partial charge >= 0.3 is 6.18 Å². The van der Waals surface area contributed by atoms with Crippen molar-refractivity contribution in [3.8, 4) is 10.0 Å². The van der Waals surface area contributed by atoms with Crippen LogP contribution in [0.25, 0.3) is 10.0 Å². The summed E-state index contributed by atoms with van der Waals surface area (Å²) in [5, 5.41) is 3.40. The Morgan fingerprint density at radius 3 is 2.46 bits per heavy atom. The summed E-state index contributed by atoms with van der Waals surface area (Å²) in [6, 6.07) is 0. The molecule has 0 atom stereocenters. The number of Topliss-reactive ketones (excluding diaryl/α,β-unsaturated/α-hetero) is 2. The molecule has 0 bridgehead atoms. The number of carbonyl (C=O) groups is 2. The number of nitrogens with zero attached hydrogens (tertiary/aromatic N) is 2. The molecule has 2 aromatic rings.